The molecule has 1 unspecified atom stereocenters. The highest BCUT2D eigenvalue weighted by Crippen LogP contribution is 2.25. The van der Waals surface area contributed by atoms with Crippen LogP contribution >= 0.6 is 11.6 Å². The second-order valence-electron chi connectivity index (χ2n) is 3.95. The monoisotopic (exact) mass is 257 g/mol. The smallest absolute Gasteiger partial charge is 0.124 e. The van der Waals surface area contributed by atoms with Crippen molar-refractivity contribution in [3.63, 3.8) is 0 Å². The minimum atomic E-state index is -0.226. The largest absolute Gasteiger partial charge is 0.496 e. The summed E-state index contributed by atoms with van der Waals surface area (Å²) in [4.78, 5) is 0. The molecule has 17 heavy (non-hydrogen) atoms. The van der Waals surface area contributed by atoms with Crippen LogP contribution < -0.4 is 10.1 Å². The number of rotatable bonds is 7. The Morgan fingerprint density at radius 2 is 2.24 bits per heavy atom. The predicted molar refractivity (Wildman–Crippen MR) is 70.6 cm³/mol. The predicted octanol–water partition coefficient (Wildman–Crippen LogP) is 2.60. The van der Waals surface area contributed by atoms with Gasteiger partial charge in [0.15, 0.2) is 0 Å². The Kier molecular flexibility index (Phi) is 6.34. The van der Waals surface area contributed by atoms with Crippen LogP contribution in [0.25, 0.3) is 0 Å². The Morgan fingerprint density at radius 3 is 2.88 bits per heavy atom. The third-order valence-electron chi connectivity index (χ3n) is 2.72. The first-order chi connectivity index (χ1) is 8.19. The van der Waals surface area contributed by atoms with E-state index in [-0.39, 0.29) is 6.10 Å². The summed E-state index contributed by atoms with van der Waals surface area (Å²) >= 11 is 6.11. The van der Waals surface area contributed by atoms with Crippen molar-refractivity contribution in [2.75, 3.05) is 13.7 Å². The molecule has 0 radical (unpaired) electrons. The topological polar surface area (TPSA) is 41.5 Å². The molecule has 0 aliphatic heterocycles. The number of aliphatic hydroxyl groups is 1. The maximum atomic E-state index is 9.42. The summed E-state index contributed by atoms with van der Waals surface area (Å²) in [6.45, 7) is 3.39. The number of halogens is 1. The van der Waals surface area contributed by atoms with Crippen LogP contribution in [0.2, 0.25) is 5.02 Å². The van der Waals surface area contributed by atoms with E-state index in [1.54, 1.807) is 7.11 Å². The lowest BCUT2D eigenvalue weighted by molar-refractivity contribution is 0.159. The molecule has 0 amide bonds. The van der Waals surface area contributed by atoms with Crippen molar-refractivity contribution >= 4 is 11.6 Å². The van der Waals surface area contributed by atoms with Crippen molar-refractivity contribution in [2.45, 2.75) is 32.4 Å². The molecule has 1 atom stereocenters. The summed E-state index contributed by atoms with van der Waals surface area (Å²) in [5.41, 5.74) is 0.961. The Labute approximate surface area is 108 Å². The van der Waals surface area contributed by atoms with Crippen LogP contribution in [0.3, 0.4) is 0 Å². The van der Waals surface area contributed by atoms with Gasteiger partial charge in [-0.3, -0.25) is 0 Å². The van der Waals surface area contributed by atoms with Crippen molar-refractivity contribution in [1.29, 1.82) is 0 Å². The maximum absolute atomic E-state index is 9.42. The van der Waals surface area contributed by atoms with E-state index < -0.39 is 0 Å². The van der Waals surface area contributed by atoms with E-state index in [1.165, 1.54) is 0 Å². The van der Waals surface area contributed by atoms with Crippen LogP contribution in [0, 0.1) is 0 Å². The van der Waals surface area contributed by atoms with Gasteiger partial charge in [-0.05, 0) is 31.5 Å². The van der Waals surface area contributed by atoms with Crippen LogP contribution in [0.4, 0.5) is 0 Å². The number of hydrogen-bond acceptors (Lipinski definition) is 3. The summed E-state index contributed by atoms with van der Waals surface area (Å²) in [5, 5.41) is 13.4. The van der Waals surface area contributed by atoms with Gasteiger partial charge in [0, 0.05) is 17.1 Å². The summed E-state index contributed by atoms with van der Waals surface area (Å²) in [5.74, 6) is 0.793. The number of benzene rings is 1. The Balaban J connectivity index is 2.46. The molecular weight excluding hydrogens is 238 g/mol. The van der Waals surface area contributed by atoms with Gasteiger partial charge in [-0.25, -0.2) is 0 Å². The standard InChI is InChI=1S/C13H20ClNO2/c1-3-10(16)7-8-15-9-11-12(14)5-4-6-13(11)17-2/h4-6,10,15-16H,3,7-9H2,1-2H3. The lowest BCUT2D eigenvalue weighted by Gasteiger charge is -2.12. The van der Waals surface area contributed by atoms with Crippen LogP contribution in [0.1, 0.15) is 25.3 Å². The molecule has 0 aliphatic rings. The minimum absolute atomic E-state index is 0.226. The van der Waals surface area contributed by atoms with Gasteiger partial charge in [0.2, 0.25) is 0 Å². The highest BCUT2D eigenvalue weighted by molar-refractivity contribution is 6.31. The van der Waals surface area contributed by atoms with E-state index in [4.69, 9.17) is 16.3 Å². The first-order valence-electron chi connectivity index (χ1n) is 5.89. The number of nitrogens with one attached hydrogen (secondary N) is 1. The van der Waals surface area contributed by atoms with Gasteiger partial charge in [-0.1, -0.05) is 24.6 Å². The molecule has 0 heterocycles. The molecule has 0 saturated heterocycles. The normalized spacial score (nSPS) is 12.5. The molecule has 0 bridgehead atoms. The summed E-state index contributed by atoms with van der Waals surface area (Å²) < 4.78 is 5.25. The van der Waals surface area contributed by atoms with Crippen molar-refractivity contribution in [2.24, 2.45) is 0 Å². The summed E-state index contributed by atoms with van der Waals surface area (Å²) in [7, 11) is 1.63. The number of aliphatic hydroxyl groups excluding tert-OH is 1. The average molecular weight is 258 g/mol. The van der Waals surface area contributed by atoms with E-state index in [1.807, 2.05) is 25.1 Å². The number of hydrogen-bond donors (Lipinski definition) is 2. The average Bonchev–Trinajstić information content (AvgIpc) is 2.35. The molecule has 4 heteroatoms. The second kappa shape index (κ2) is 7.54. The van der Waals surface area contributed by atoms with E-state index in [0.717, 1.165) is 30.7 Å². The fraction of sp³-hybridized carbons (Fsp3) is 0.538. The third-order valence-corrected chi connectivity index (χ3v) is 3.08. The number of methoxy groups -OCH3 is 1. The fourth-order valence-electron chi connectivity index (χ4n) is 1.59. The lowest BCUT2D eigenvalue weighted by Crippen LogP contribution is -2.20. The molecule has 0 aromatic heterocycles. The Morgan fingerprint density at radius 1 is 1.47 bits per heavy atom. The molecule has 1 aromatic carbocycles. The van der Waals surface area contributed by atoms with Crippen molar-refractivity contribution in [3.05, 3.63) is 28.8 Å². The first-order valence-corrected chi connectivity index (χ1v) is 6.27. The molecule has 1 aromatic rings. The molecule has 3 nitrogen and oxygen atoms in total. The van der Waals surface area contributed by atoms with E-state index in [2.05, 4.69) is 5.32 Å². The second-order valence-corrected chi connectivity index (χ2v) is 4.36. The van der Waals surface area contributed by atoms with Crippen molar-refractivity contribution in [1.82, 2.24) is 5.32 Å². The van der Waals surface area contributed by atoms with E-state index in [9.17, 15) is 5.11 Å². The number of ether oxygens (including phenoxy) is 1. The van der Waals surface area contributed by atoms with E-state index >= 15 is 0 Å². The fourth-order valence-corrected chi connectivity index (χ4v) is 1.82. The first kappa shape index (κ1) is 14.3. The van der Waals surface area contributed by atoms with Crippen molar-refractivity contribution in [3.8, 4) is 5.75 Å². The van der Waals surface area contributed by atoms with Crippen LogP contribution in [-0.2, 0) is 6.54 Å². The zero-order chi connectivity index (χ0) is 12.7. The van der Waals surface area contributed by atoms with Gasteiger partial charge in [-0.15, -0.1) is 0 Å². The van der Waals surface area contributed by atoms with Gasteiger partial charge in [0.1, 0.15) is 5.75 Å². The van der Waals surface area contributed by atoms with Gasteiger partial charge >= 0.3 is 0 Å². The molecule has 96 valence electrons. The zero-order valence-corrected chi connectivity index (χ0v) is 11.1. The molecular formula is C13H20ClNO2. The third kappa shape index (κ3) is 4.54. The molecule has 0 fully saturated rings. The molecule has 2 N–H and O–H groups in total. The molecule has 0 aliphatic carbocycles. The zero-order valence-electron chi connectivity index (χ0n) is 10.4. The van der Waals surface area contributed by atoms with Crippen LogP contribution in [-0.4, -0.2) is 24.9 Å². The molecule has 1 rings (SSSR count). The molecule has 0 spiro atoms. The summed E-state index contributed by atoms with van der Waals surface area (Å²) in [6, 6.07) is 5.61. The van der Waals surface area contributed by atoms with Crippen molar-refractivity contribution < 1.29 is 9.84 Å². The molecule has 0 saturated carbocycles. The quantitative estimate of drug-likeness (QED) is 0.738. The van der Waals surface area contributed by atoms with E-state index in [0.29, 0.717) is 11.6 Å². The SMILES string of the molecule is CCC(O)CCNCc1c(Cl)cccc1OC. The van der Waals surface area contributed by atoms with Crippen LogP contribution in [0.15, 0.2) is 18.2 Å². The van der Waals surface area contributed by atoms with Gasteiger partial charge in [-0.2, -0.15) is 0 Å². The Hall–Kier alpha value is -0.770. The minimum Gasteiger partial charge on any atom is -0.496 e. The highest BCUT2D eigenvalue weighted by Gasteiger charge is 2.07. The van der Waals surface area contributed by atoms with Gasteiger partial charge in [0.25, 0.3) is 0 Å². The Bertz CT molecular complexity index is 344. The van der Waals surface area contributed by atoms with Gasteiger partial charge < -0.3 is 15.2 Å². The highest BCUT2D eigenvalue weighted by atomic mass is 35.5. The lowest BCUT2D eigenvalue weighted by atomic mass is 10.2. The summed E-state index contributed by atoms with van der Waals surface area (Å²) in [6.07, 6.45) is 1.32. The van der Waals surface area contributed by atoms with Crippen LogP contribution in [0.5, 0.6) is 5.75 Å². The van der Waals surface area contributed by atoms with Gasteiger partial charge in [0.05, 0.1) is 13.2 Å². The maximum Gasteiger partial charge on any atom is 0.124 e.